The Balaban J connectivity index is 3.44. The van der Waals surface area contributed by atoms with E-state index in [0.717, 1.165) is 0 Å². The van der Waals surface area contributed by atoms with Crippen LogP contribution in [0.15, 0.2) is 36.0 Å². The molecular weight excluding hydrogens is 378 g/mol. The second-order valence-electron chi connectivity index (χ2n) is 7.69. The molecule has 0 radical (unpaired) electrons. The second kappa shape index (κ2) is 10.4. The van der Waals surface area contributed by atoms with Crippen LogP contribution in [0.25, 0.3) is 0 Å². The molecule has 0 aliphatic carbocycles. The van der Waals surface area contributed by atoms with Crippen LogP contribution in [-0.4, -0.2) is 57.4 Å². The first kappa shape index (κ1) is 24.6. The molecule has 0 fully saturated rings. The molecule has 3 unspecified atom stereocenters. The predicted octanol–water partition coefficient (Wildman–Crippen LogP) is 0.859. The first-order valence-electron chi connectivity index (χ1n) is 9.29. The van der Waals surface area contributed by atoms with Gasteiger partial charge >= 0.3 is 6.09 Å². The summed E-state index contributed by atoms with van der Waals surface area (Å²) in [7, 11) is 0. The summed E-state index contributed by atoms with van der Waals surface area (Å²) in [5.41, 5.74) is 2.84. The number of aliphatic hydroxyl groups excluding tert-OH is 2. The van der Waals surface area contributed by atoms with E-state index in [1.165, 1.54) is 5.94 Å². The van der Waals surface area contributed by atoms with Crippen molar-refractivity contribution in [3.63, 3.8) is 0 Å². The van der Waals surface area contributed by atoms with E-state index in [1.54, 1.807) is 58.0 Å². The lowest BCUT2D eigenvalue weighted by atomic mass is 9.93. The van der Waals surface area contributed by atoms with Gasteiger partial charge in [-0.05, 0) is 32.8 Å². The Hall–Kier alpha value is -2.42. The van der Waals surface area contributed by atoms with Gasteiger partial charge in [0.05, 0.1) is 11.7 Å². The fourth-order valence-corrected chi connectivity index (χ4v) is 2.68. The van der Waals surface area contributed by atoms with Crippen molar-refractivity contribution in [3.05, 3.63) is 41.6 Å². The van der Waals surface area contributed by atoms with Crippen molar-refractivity contribution in [2.75, 3.05) is 6.61 Å². The standard InChI is InChI=1S/C20H31N3O6/c1-5-15(25)13-28-18(27)23(22)20(29-19(2,3)4,17(26)16(21)12-24)11-14-9-7-6-8-10-14/h6-10,15,17,25-26H,5,11,13,21-22H2,1-4H3. The Morgan fingerprint density at radius 2 is 1.83 bits per heavy atom. The molecule has 1 aromatic carbocycles. The summed E-state index contributed by atoms with van der Waals surface area (Å²) in [5, 5.41) is 21.1. The van der Waals surface area contributed by atoms with Crippen LogP contribution in [0, 0.1) is 0 Å². The van der Waals surface area contributed by atoms with E-state index in [0.29, 0.717) is 17.0 Å². The van der Waals surface area contributed by atoms with Crippen LogP contribution in [0.4, 0.5) is 4.79 Å². The summed E-state index contributed by atoms with van der Waals surface area (Å²) in [6.07, 6.45) is -3.46. The van der Waals surface area contributed by atoms with E-state index < -0.39 is 35.3 Å². The lowest BCUT2D eigenvalue weighted by molar-refractivity contribution is -0.240. The zero-order chi connectivity index (χ0) is 22.2. The molecule has 1 aromatic rings. The first-order chi connectivity index (χ1) is 13.5. The molecule has 1 rings (SSSR count). The predicted molar refractivity (Wildman–Crippen MR) is 107 cm³/mol. The smallest absolute Gasteiger partial charge is 0.426 e. The molecule has 29 heavy (non-hydrogen) atoms. The molecule has 0 aliphatic rings. The summed E-state index contributed by atoms with van der Waals surface area (Å²) < 4.78 is 11.1. The molecule has 0 heterocycles. The zero-order valence-electron chi connectivity index (χ0n) is 17.3. The normalized spacial score (nSPS) is 15.6. The number of benzene rings is 1. The van der Waals surface area contributed by atoms with Crippen LogP contribution >= 0.6 is 0 Å². The molecule has 0 aromatic heterocycles. The van der Waals surface area contributed by atoms with Gasteiger partial charge in [-0.15, -0.1) is 0 Å². The van der Waals surface area contributed by atoms with Gasteiger partial charge in [0.25, 0.3) is 0 Å². The second-order valence-corrected chi connectivity index (χ2v) is 7.69. The molecule has 0 aliphatic heterocycles. The molecule has 9 heteroatoms. The topological polar surface area (TPSA) is 148 Å². The summed E-state index contributed by atoms with van der Waals surface area (Å²) in [5.74, 6) is 7.50. The van der Waals surface area contributed by atoms with Crippen LogP contribution in [0.1, 0.15) is 39.7 Å². The number of nitrogens with two attached hydrogens (primary N) is 2. The Kier molecular flexibility index (Phi) is 8.81. The number of rotatable bonds is 9. The van der Waals surface area contributed by atoms with Gasteiger partial charge in [-0.1, -0.05) is 37.3 Å². The van der Waals surface area contributed by atoms with Gasteiger partial charge in [-0.2, -0.15) is 0 Å². The number of hydrazine groups is 1. The Labute approximate surface area is 170 Å². The third-order valence-corrected chi connectivity index (χ3v) is 4.10. The zero-order valence-corrected chi connectivity index (χ0v) is 17.3. The van der Waals surface area contributed by atoms with Crippen molar-refractivity contribution >= 4 is 12.0 Å². The highest BCUT2D eigenvalue weighted by Crippen LogP contribution is 2.32. The van der Waals surface area contributed by atoms with Gasteiger partial charge < -0.3 is 25.4 Å². The molecule has 0 saturated heterocycles. The SMILES string of the molecule is CCC(O)COC(=O)N(N)C(Cc1ccccc1)(OC(C)(C)C)C(O)C(N)=C=O. The van der Waals surface area contributed by atoms with Crippen molar-refractivity contribution in [2.45, 2.75) is 64.1 Å². The van der Waals surface area contributed by atoms with Crippen LogP contribution in [-0.2, 0) is 20.7 Å². The summed E-state index contributed by atoms with van der Waals surface area (Å²) in [6.45, 7) is 6.51. The molecular formula is C20H31N3O6. The maximum atomic E-state index is 12.6. The van der Waals surface area contributed by atoms with Gasteiger partial charge in [0.1, 0.15) is 18.2 Å². The van der Waals surface area contributed by atoms with E-state index >= 15 is 0 Å². The average Bonchev–Trinajstić information content (AvgIpc) is 2.68. The number of carbonyl (C=O) groups excluding carboxylic acids is 2. The highest BCUT2D eigenvalue weighted by Gasteiger charge is 2.51. The number of nitrogens with zero attached hydrogens (tertiary/aromatic N) is 1. The van der Waals surface area contributed by atoms with E-state index in [4.69, 9.17) is 21.1 Å². The van der Waals surface area contributed by atoms with E-state index in [9.17, 15) is 19.8 Å². The van der Waals surface area contributed by atoms with Crippen molar-refractivity contribution in [1.29, 1.82) is 0 Å². The van der Waals surface area contributed by atoms with Crippen molar-refractivity contribution in [1.82, 2.24) is 5.01 Å². The Bertz CT molecular complexity index is 715. The third-order valence-electron chi connectivity index (χ3n) is 4.10. The molecule has 6 N–H and O–H groups in total. The van der Waals surface area contributed by atoms with E-state index in [1.807, 2.05) is 0 Å². The maximum absolute atomic E-state index is 12.6. The van der Waals surface area contributed by atoms with Crippen LogP contribution < -0.4 is 11.6 Å². The largest absolute Gasteiger partial charge is 0.446 e. The van der Waals surface area contributed by atoms with Gasteiger partial charge in [-0.3, -0.25) is 0 Å². The lowest BCUT2D eigenvalue weighted by Gasteiger charge is -2.46. The fraction of sp³-hybridized carbons (Fsp3) is 0.550. The van der Waals surface area contributed by atoms with Gasteiger partial charge in [0.2, 0.25) is 0 Å². The minimum absolute atomic E-state index is 0.101. The fourth-order valence-electron chi connectivity index (χ4n) is 2.68. The minimum atomic E-state index is -1.98. The Morgan fingerprint density at radius 3 is 2.31 bits per heavy atom. The number of aliphatic hydroxyl groups is 2. The van der Waals surface area contributed by atoms with Crippen LogP contribution in [0.2, 0.25) is 0 Å². The maximum Gasteiger partial charge on any atom is 0.426 e. The number of ether oxygens (including phenoxy) is 2. The van der Waals surface area contributed by atoms with Crippen molar-refractivity contribution < 1.29 is 29.3 Å². The lowest BCUT2D eigenvalue weighted by Crippen LogP contribution is -2.68. The molecule has 0 spiro atoms. The van der Waals surface area contributed by atoms with E-state index in [2.05, 4.69) is 0 Å². The summed E-state index contributed by atoms with van der Waals surface area (Å²) >= 11 is 0. The summed E-state index contributed by atoms with van der Waals surface area (Å²) in [6, 6.07) is 8.81. The number of amides is 1. The molecule has 3 atom stereocenters. The Morgan fingerprint density at radius 1 is 1.24 bits per heavy atom. The van der Waals surface area contributed by atoms with Gasteiger partial charge in [0.15, 0.2) is 11.8 Å². The van der Waals surface area contributed by atoms with Gasteiger partial charge in [0, 0.05) is 6.42 Å². The average molecular weight is 409 g/mol. The molecule has 162 valence electrons. The quantitative estimate of drug-likeness (QED) is 0.154. The molecule has 1 amide bonds. The van der Waals surface area contributed by atoms with Crippen molar-refractivity contribution in [2.24, 2.45) is 11.6 Å². The van der Waals surface area contributed by atoms with Gasteiger partial charge in [-0.25, -0.2) is 20.4 Å². The number of carbonyl (C=O) groups is 1. The molecule has 0 bridgehead atoms. The molecule has 0 saturated carbocycles. The van der Waals surface area contributed by atoms with Crippen LogP contribution in [0.5, 0.6) is 0 Å². The van der Waals surface area contributed by atoms with Crippen molar-refractivity contribution in [3.8, 4) is 0 Å². The summed E-state index contributed by atoms with van der Waals surface area (Å²) in [4.78, 5) is 23.8. The molecule has 9 nitrogen and oxygen atoms in total. The highest BCUT2D eigenvalue weighted by molar-refractivity contribution is 5.68. The monoisotopic (exact) mass is 409 g/mol. The first-order valence-corrected chi connectivity index (χ1v) is 9.29. The number of hydrogen-bond donors (Lipinski definition) is 4. The highest BCUT2D eigenvalue weighted by atomic mass is 16.6. The third kappa shape index (κ3) is 6.85. The number of hydrogen-bond acceptors (Lipinski definition) is 8. The van der Waals surface area contributed by atoms with Crippen LogP contribution in [0.3, 0.4) is 0 Å². The van der Waals surface area contributed by atoms with E-state index in [-0.39, 0.29) is 13.0 Å². The minimum Gasteiger partial charge on any atom is -0.446 e.